The van der Waals surface area contributed by atoms with Gasteiger partial charge in [0.1, 0.15) is 6.33 Å². The molecule has 0 spiro atoms. The number of rotatable bonds is 9. The lowest BCUT2D eigenvalue weighted by molar-refractivity contribution is 0.0945. The maximum absolute atomic E-state index is 12.1. The van der Waals surface area contributed by atoms with Crippen molar-refractivity contribution in [2.45, 2.75) is 0 Å². The van der Waals surface area contributed by atoms with Crippen LogP contribution in [0.25, 0.3) is 0 Å². The van der Waals surface area contributed by atoms with Crippen molar-refractivity contribution in [3.8, 4) is 11.8 Å². The molecule has 1 heterocycles. The van der Waals surface area contributed by atoms with E-state index in [1.54, 1.807) is 7.11 Å². The number of hydrogen-bond donors (Lipinski definition) is 2. The summed E-state index contributed by atoms with van der Waals surface area (Å²) in [5.74, 6) is 0.0243. The van der Waals surface area contributed by atoms with Crippen LogP contribution in [0.3, 0.4) is 0 Å². The Kier molecular flexibility index (Phi) is 7.30. The number of methoxy groups -OCH3 is 3. The highest BCUT2D eigenvalue weighted by molar-refractivity contribution is 5.98. The van der Waals surface area contributed by atoms with E-state index < -0.39 is 0 Å². The van der Waals surface area contributed by atoms with E-state index in [0.29, 0.717) is 19.7 Å². The second-order valence-corrected chi connectivity index (χ2v) is 3.77. The lowest BCUT2D eigenvalue weighted by Gasteiger charge is -2.11. The fourth-order valence-corrected chi connectivity index (χ4v) is 1.51. The maximum Gasteiger partial charge on any atom is 0.262 e. The van der Waals surface area contributed by atoms with Gasteiger partial charge in [-0.2, -0.15) is 0 Å². The van der Waals surface area contributed by atoms with Crippen molar-refractivity contribution in [3.63, 3.8) is 0 Å². The lowest BCUT2D eigenvalue weighted by atomic mass is 10.3. The molecule has 0 atom stereocenters. The highest BCUT2D eigenvalue weighted by atomic mass is 16.5. The Morgan fingerprint density at radius 1 is 1.10 bits per heavy atom. The highest BCUT2D eigenvalue weighted by Crippen LogP contribution is 2.22. The Morgan fingerprint density at radius 2 is 1.75 bits per heavy atom. The van der Waals surface area contributed by atoms with Crippen LogP contribution in [-0.4, -0.2) is 63.4 Å². The predicted molar refractivity (Wildman–Crippen MR) is 72.2 cm³/mol. The number of nitrogens with one attached hydrogen (secondary N) is 2. The minimum atomic E-state index is -0.340. The standard InChI is InChI=1S/C12H20N4O4/c1-18-7-6-13-4-5-14-10(17)9-11(19-2)15-8-16-12(9)20-3/h8,13H,4-7H2,1-3H3,(H,14,17). The van der Waals surface area contributed by atoms with Crippen LogP contribution < -0.4 is 20.1 Å². The third-order valence-corrected chi connectivity index (χ3v) is 2.46. The molecule has 1 aromatic rings. The van der Waals surface area contributed by atoms with Gasteiger partial charge in [-0.25, -0.2) is 9.97 Å². The van der Waals surface area contributed by atoms with Crippen LogP contribution in [0, 0.1) is 0 Å². The topological polar surface area (TPSA) is 94.6 Å². The van der Waals surface area contributed by atoms with Gasteiger partial charge in [-0.1, -0.05) is 0 Å². The summed E-state index contributed by atoms with van der Waals surface area (Å²) in [4.78, 5) is 19.9. The van der Waals surface area contributed by atoms with Crippen LogP contribution >= 0.6 is 0 Å². The highest BCUT2D eigenvalue weighted by Gasteiger charge is 2.20. The first-order valence-corrected chi connectivity index (χ1v) is 6.15. The van der Waals surface area contributed by atoms with Crippen molar-refractivity contribution >= 4 is 5.91 Å². The van der Waals surface area contributed by atoms with E-state index in [2.05, 4.69) is 20.6 Å². The first kappa shape index (κ1) is 16.1. The van der Waals surface area contributed by atoms with Gasteiger partial charge < -0.3 is 24.8 Å². The quantitative estimate of drug-likeness (QED) is 0.588. The summed E-state index contributed by atoms with van der Waals surface area (Å²) >= 11 is 0. The van der Waals surface area contributed by atoms with Gasteiger partial charge in [0.2, 0.25) is 11.8 Å². The molecule has 0 aliphatic heterocycles. The molecule has 0 aliphatic rings. The van der Waals surface area contributed by atoms with Crippen LogP contribution in [0.15, 0.2) is 6.33 Å². The van der Waals surface area contributed by atoms with E-state index in [1.165, 1.54) is 20.5 Å². The van der Waals surface area contributed by atoms with Crippen molar-refractivity contribution in [3.05, 3.63) is 11.9 Å². The minimum absolute atomic E-state index is 0.182. The van der Waals surface area contributed by atoms with Crippen LogP contribution in [0.5, 0.6) is 11.8 Å². The normalized spacial score (nSPS) is 10.2. The molecule has 0 unspecified atom stereocenters. The Morgan fingerprint density at radius 3 is 2.30 bits per heavy atom. The molecule has 0 radical (unpaired) electrons. The van der Waals surface area contributed by atoms with Gasteiger partial charge in [-0.3, -0.25) is 4.79 Å². The Labute approximate surface area is 117 Å². The van der Waals surface area contributed by atoms with Crippen molar-refractivity contribution in [1.29, 1.82) is 0 Å². The van der Waals surface area contributed by atoms with Crippen LogP contribution in [0.4, 0.5) is 0 Å². The number of nitrogens with zero attached hydrogens (tertiary/aromatic N) is 2. The number of carbonyl (C=O) groups is 1. The summed E-state index contributed by atoms with van der Waals surface area (Å²) in [5, 5.41) is 5.86. The van der Waals surface area contributed by atoms with Gasteiger partial charge in [0.15, 0.2) is 5.56 Å². The Bertz CT molecular complexity index is 406. The van der Waals surface area contributed by atoms with E-state index in [9.17, 15) is 4.79 Å². The second kappa shape index (κ2) is 9.05. The van der Waals surface area contributed by atoms with E-state index in [1.807, 2.05) is 0 Å². The third-order valence-electron chi connectivity index (χ3n) is 2.46. The molecule has 1 amide bonds. The molecule has 0 bridgehead atoms. The van der Waals surface area contributed by atoms with Gasteiger partial charge >= 0.3 is 0 Å². The number of aromatic nitrogens is 2. The molecule has 2 N–H and O–H groups in total. The molecule has 20 heavy (non-hydrogen) atoms. The molecule has 0 saturated carbocycles. The van der Waals surface area contributed by atoms with Gasteiger partial charge in [0, 0.05) is 26.7 Å². The first-order valence-electron chi connectivity index (χ1n) is 6.15. The average Bonchev–Trinajstić information content (AvgIpc) is 2.49. The van der Waals surface area contributed by atoms with Gasteiger partial charge in [-0.05, 0) is 0 Å². The maximum atomic E-state index is 12.1. The summed E-state index contributed by atoms with van der Waals surface area (Å²) in [5.41, 5.74) is 0.189. The zero-order valence-corrected chi connectivity index (χ0v) is 11.9. The van der Waals surface area contributed by atoms with Gasteiger partial charge in [0.05, 0.1) is 20.8 Å². The largest absolute Gasteiger partial charge is 0.480 e. The number of carbonyl (C=O) groups excluding carboxylic acids is 1. The summed E-state index contributed by atoms with van der Waals surface area (Å²) in [6, 6.07) is 0. The molecule has 0 aliphatic carbocycles. The first-order chi connectivity index (χ1) is 9.74. The number of ether oxygens (including phenoxy) is 3. The van der Waals surface area contributed by atoms with Crippen LogP contribution in [0.2, 0.25) is 0 Å². The zero-order chi connectivity index (χ0) is 14.8. The molecular weight excluding hydrogens is 264 g/mol. The molecule has 1 rings (SSSR count). The molecule has 8 nitrogen and oxygen atoms in total. The molecule has 112 valence electrons. The Balaban J connectivity index is 2.54. The van der Waals surface area contributed by atoms with Crippen molar-refractivity contribution < 1.29 is 19.0 Å². The third kappa shape index (κ3) is 4.63. The van der Waals surface area contributed by atoms with E-state index in [0.717, 1.165) is 6.54 Å². The van der Waals surface area contributed by atoms with E-state index >= 15 is 0 Å². The van der Waals surface area contributed by atoms with E-state index in [4.69, 9.17) is 14.2 Å². The molecule has 1 aromatic heterocycles. The molecule has 8 heteroatoms. The van der Waals surface area contributed by atoms with Gasteiger partial charge in [0.25, 0.3) is 5.91 Å². The summed E-state index contributed by atoms with van der Waals surface area (Å²) in [6.07, 6.45) is 1.28. The average molecular weight is 284 g/mol. The van der Waals surface area contributed by atoms with Crippen molar-refractivity contribution in [1.82, 2.24) is 20.6 Å². The molecular formula is C12H20N4O4. The fraction of sp³-hybridized carbons (Fsp3) is 0.583. The summed E-state index contributed by atoms with van der Waals surface area (Å²) in [6.45, 7) is 2.45. The molecule has 0 fully saturated rings. The summed E-state index contributed by atoms with van der Waals surface area (Å²) in [7, 11) is 4.51. The number of hydrogen-bond acceptors (Lipinski definition) is 7. The fourth-order valence-electron chi connectivity index (χ4n) is 1.51. The van der Waals surface area contributed by atoms with E-state index in [-0.39, 0.29) is 23.2 Å². The predicted octanol–water partition coefficient (Wildman–Crippen LogP) is -0.540. The lowest BCUT2D eigenvalue weighted by Crippen LogP contribution is -2.33. The van der Waals surface area contributed by atoms with Crippen molar-refractivity contribution in [2.24, 2.45) is 0 Å². The minimum Gasteiger partial charge on any atom is -0.480 e. The second-order valence-electron chi connectivity index (χ2n) is 3.77. The molecule has 0 aromatic carbocycles. The Hall–Kier alpha value is -1.93. The molecule has 0 saturated heterocycles. The smallest absolute Gasteiger partial charge is 0.262 e. The van der Waals surface area contributed by atoms with Gasteiger partial charge in [-0.15, -0.1) is 0 Å². The summed E-state index contributed by atoms with van der Waals surface area (Å²) < 4.78 is 15.0. The zero-order valence-electron chi connectivity index (χ0n) is 11.9. The monoisotopic (exact) mass is 284 g/mol. The SMILES string of the molecule is COCCNCCNC(=O)c1c(OC)ncnc1OC. The number of amides is 1. The van der Waals surface area contributed by atoms with Crippen molar-refractivity contribution in [2.75, 3.05) is 47.6 Å². The van der Waals surface area contributed by atoms with Crippen LogP contribution in [-0.2, 0) is 4.74 Å². The van der Waals surface area contributed by atoms with Crippen LogP contribution in [0.1, 0.15) is 10.4 Å².